The van der Waals surface area contributed by atoms with Crippen LogP contribution in [0, 0.1) is 5.92 Å². The second-order valence-corrected chi connectivity index (χ2v) is 8.31. The van der Waals surface area contributed by atoms with Crippen LogP contribution in [0.2, 0.25) is 0 Å². The molecule has 0 bridgehead atoms. The van der Waals surface area contributed by atoms with Gasteiger partial charge < -0.3 is 4.74 Å². The molecule has 6 nitrogen and oxygen atoms in total. The number of methoxy groups -OCH3 is 1. The highest BCUT2D eigenvalue weighted by Crippen LogP contribution is 2.31. The normalized spacial score (nSPS) is 26.9. The zero-order valence-corrected chi connectivity index (χ0v) is 13.1. The van der Waals surface area contributed by atoms with Crippen molar-refractivity contribution in [3.05, 3.63) is 0 Å². The van der Waals surface area contributed by atoms with Crippen molar-refractivity contribution in [2.24, 2.45) is 5.92 Å². The zero-order valence-electron chi connectivity index (χ0n) is 11.4. The van der Waals surface area contributed by atoms with Crippen LogP contribution < -0.4 is 4.72 Å². The average Bonchev–Trinajstić information content (AvgIpc) is 2.75. The van der Waals surface area contributed by atoms with Gasteiger partial charge >= 0.3 is 5.97 Å². The van der Waals surface area contributed by atoms with Crippen molar-refractivity contribution in [1.29, 1.82) is 0 Å². The maximum absolute atomic E-state index is 12.2. The fourth-order valence-corrected chi connectivity index (χ4v) is 5.34. The Hall–Kier alpha value is -0.470. The van der Waals surface area contributed by atoms with Crippen molar-refractivity contribution < 1.29 is 22.2 Å². The summed E-state index contributed by atoms with van der Waals surface area (Å²) < 4.78 is 42.7. The second-order valence-electron chi connectivity index (χ2n) is 4.90. The van der Waals surface area contributed by atoms with Gasteiger partial charge in [-0.3, -0.25) is 9.00 Å². The Bertz CT molecular complexity index is 448. The van der Waals surface area contributed by atoms with E-state index in [1.54, 1.807) is 6.92 Å². The van der Waals surface area contributed by atoms with Gasteiger partial charge in [-0.15, -0.1) is 0 Å². The quantitative estimate of drug-likeness (QED) is 0.698. The maximum atomic E-state index is 12.2. The molecule has 0 aliphatic heterocycles. The molecule has 1 fully saturated rings. The molecule has 4 atom stereocenters. The van der Waals surface area contributed by atoms with Gasteiger partial charge in [0.1, 0.15) is 0 Å². The first kappa shape index (κ1) is 16.6. The maximum Gasteiger partial charge on any atom is 0.310 e. The highest BCUT2D eigenvalue weighted by atomic mass is 32.2. The third kappa shape index (κ3) is 4.54. The Balaban J connectivity index is 2.76. The van der Waals surface area contributed by atoms with E-state index in [0.29, 0.717) is 19.3 Å². The Morgan fingerprint density at radius 2 is 2.11 bits per heavy atom. The number of rotatable bonds is 6. The van der Waals surface area contributed by atoms with E-state index in [-0.39, 0.29) is 5.75 Å². The van der Waals surface area contributed by atoms with E-state index >= 15 is 0 Å². The number of carbonyl (C=O) groups excluding carboxylic acids is 1. The van der Waals surface area contributed by atoms with Crippen molar-refractivity contribution in [2.75, 3.05) is 19.1 Å². The van der Waals surface area contributed by atoms with Gasteiger partial charge in [-0.1, -0.05) is 6.42 Å². The topological polar surface area (TPSA) is 89.5 Å². The molecule has 0 aromatic rings. The van der Waals surface area contributed by atoms with E-state index < -0.39 is 44.0 Å². The third-order valence-corrected chi connectivity index (χ3v) is 6.27. The van der Waals surface area contributed by atoms with Crippen LogP contribution in [-0.2, 0) is 30.4 Å². The van der Waals surface area contributed by atoms with Crippen LogP contribution in [0.3, 0.4) is 0 Å². The summed E-state index contributed by atoms with van der Waals surface area (Å²) in [7, 11) is -3.40. The second kappa shape index (κ2) is 6.81. The van der Waals surface area contributed by atoms with Crippen molar-refractivity contribution in [2.45, 2.75) is 37.5 Å². The van der Waals surface area contributed by atoms with E-state index in [9.17, 15) is 17.4 Å². The van der Waals surface area contributed by atoms with Crippen molar-refractivity contribution in [1.82, 2.24) is 4.72 Å². The van der Waals surface area contributed by atoms with Gasteiger partial charge in [0.25, 0.3) is 0 Å². The molecule has 0 amide bonds. The summed E-state index contributed by atoms with van der Waals surface area (Å²) in [5, 5.41) is -0.743. The Kier molecular flexibility index (Phi) is 5.94. The predicted octanol–water partition coefficient (Wildman–Crippen LogP) is 0.0145. The average molecular weight is 311 g/mol. The molecule has 112 valence electrons. The van der Waals surface area contributed by atoms with Gasteiger partial charge in [0.2, 0.25) is 10.0 Å². The monoisotopic (exact) mass is 311 g/mol. The van der Waals surface area contributed by atoms with E-state index in [2.05, 4.69) is 9.46 Å². The molecule has 0 aromatic heterocycles. The molecule has 0 radical (unpaired) electrons. The summed E-state index contributed by atoms with van der Waals surface area (Å²) >= 11 is 0. The number of sulfonamides is 1. The lowest BCUT2D eigenvalue weighted by Crippen LogP contribution is -2.44. The number of hydrogen-bond acceptors (Lipinski definition) is 5. The minimum Gasteiger partial charge on any atom is -0.469 e. The molecule has 1 aliphatic carbocycles. The molecule has 1 N–H and O–H groups in total. The van der Waals surface area contributed by atoms with Crippen molar-refractivity contribution in [3.8, 4) is 0 Å². The first-order valence-corrected chi connectivity index (χ1v) is 9.44. The van der Waals surface area contributed by atoms with Crippen LogP contribution in [0.4, 0.5) is 0 Å². The SMILES string of the molecule is COC(=O)C1CCCC1S(=O)(=O)NC(C)CS(C)=O. The van der Waals surface area contributed by atoms with Crippen molar-refractivity contribution >= 4 is 26.8 Å². The molecule has 0 heterocycles. The number of carbonyl (C=O) groups is 1. The number of ether oxygens (including phenoxy) is 1. The van der Waals surface area contributed by atoms with Gasteiger partial charge in [0, 0.05) is 28.9 Å². The van der Waals surface area contributed by atoms with Crippen LogP contribution in [0.25, 0.3) is 0 Å². The summed E-state index contributed by atoms with van der Waals surface area (Å²) in [6.45, 7) is 1.67. The molecular weight excluding hydrogens is 290 g/mol. The molecule has 1 rings (SSSR count). The standard InChI is InChI=1S/C11H21NO5S2/c1-8(7-18(3)14)12-19(15,16)10-6-4-5-9(10)11(13)17-2/h8-10,12H,4-7H2,1-3H3. The molecule has 4 unspecified atom stereocenters. The molecule has 0 saturated heterocycles. The molecule has 8 heteroatoms. The number of esters is 1. The fourth-order valence-electron chi connectivity index (χ4n) is 2.47. The first-order valence-electron chi connectivity index (χ1n) is 6.17. The number of hydrogen-bond donors (Lipinski definition) is 1. The largest absolute Gasteiger partial charge is 0.469 e. The van der Waals surface area contributed by atoms with Gasteiger partial charge in [-0.05, 0) is 19.8 Å². The van der Waals surface area contributed by atoms with E-state index in [1.807, 2.05) is 0 Å². The lowest BCUT2D eigenvalue weighted by Gasteiger charge is -2.21. The smallest absolute Gasteiger partial charge is 0.310 e. The van der Waals surface area contributed by atoms with Crippen LogP contribution in [0.15, 0.2) is 0 Å². The Morgan fingerprint density at radius 1 is 1.47 bits per heavy atom. The van der Waals surface area contributed by atoms with Gasteiger partial charge in [-0.2, -0.15) is 0 Å². The lowest BCUT2D eigenvalue weighted by atomic mass is 10.1. The summed E-state index contributed by atoms with van der Waals surface area (Å²) in [6.07, 6.45) is 3.21. The van der Waals surface area contributed by atoms with Gasteiger partial charge in [0.15, 0.2) is 0 Å². The van der Waals surface area contributed by atoms with E-state index in [0.717, 1.165) is 0 Å². The molecule has 19 heavy (non-hydrogen) atoms. The first-order chi connectivity index (χ1) is 8.77. The molecule has 0 spiro atoms. The summed E-state index contributed by atoms with van der Waals surface area (Å²) in [4.78, 5) is 11.6. The molecule has 0 aromatic carbocycles. The minimum atomic E-state index is -3.59. The van der Waals surface area contributed by atoms with Crippen LogP contribution in [0.5, 0.6) is 0 Å². The van der Waals surface area contributed by atoms with Gasteiger partial charge in [-0.25, -0.2) is 13.1 Å². The van der Waals surface area contributed by atoms with E-state index in [1.165, 1.54) is 13.4 Å². The van der Waals surface area contributed by atoms with Gasteiger partial charge in [0.05, 0.1) is 18.3 Å². The fraction of sp³-hybridized carbons (Fsp3) is 0.909. The summed E-state index contributed by atoms with van der Waals surface area (Å²) in [6, 6.07) is -0.408. The van der Waals surface area contributed by atoms with Crippen LogP contribution in [-0.4, -0.2) is 49.0 Å². The highest BCUT2D eigenvalue weighted by molar-refractivity contribution is 7.90. The molecular formula is C11H21NO5S2. The predicted molar refractivity (Wildman–Crippen MR) is 73.6 cm³/mol. The van der Waals surface area contributed by atoms with Crippen molar-refractivity contribution in [3.63, 3.8) is 0 Å². The Morgan fingerprint density at radius 3 is 2.63 bits per heavy atom. The zero-order chi connectivity index (χ0) is 14.6. The highest BCUT2D eigenvalue weighted by Gasteiger charge is 2.42. The Labute approximate surface area is 116 Å². The minimum absolute atomic E-state index is 0.259. The van der Waals surface area contributed by atoms with E-state index in [4.69, 9.17) is 0 Å². The summed E-state index contributed by atoms with van der Waals surface area (Å²) in [5.74, 6) is -0.809. The molecule has 1 aliphatic rings. The van der Waals surface area contributed by atoms with Crippen LogP contribution in [0.1, 0.15) is 26.2 Å². The molecule has 1 saturated carbocycles. The number of nitrogens with one attached hydrogen (secondary N) is 1. The summed E-state index contributed by atoms with van der Waals surface area (Å²) in [5.41, 5.74) is 0. The third-order valence-electron chi connectivity index (χ3n) is 3.21. The van der Waals surface area contributed by atoms with Crippen LogP contribution >= 0.6 is 0 Å². The lowest BCUT2D eigenvalue weighted by molar-refractivity contribution is -0.145.